The fourth-order valence-electron chi connectivity index (χ4n) is 2.24. The largest absolute Gasteiger partial charge is 0.335 e. The molecule has 3 rings (SSSR count). The van der Waals surface area contributed by atoms with Crippen LogP contribution >= 0.6 is 0 Å². The Kier molecular flexibility index (Phi) is 3.65. The number of benzene rings is 2. The minimum Gasteiger partial charge on any atom is -0.335 e. The van der Waals surface area contributed by atoms with Crippen molar-refractivity contribution >= 4 is 22.9 Å². The van der Waals surface area contributed by atoms with Gasteiger partial charge >= 0.3 is 0 Å². The number of allylic oxidation sites excluding steroid dienone is 1. The van der Waals surface area contributed by atoms with Gasteiger partial charge in [0.25, 0.3) is 0 Å². The highest BCUT2D eigenvalue weighted by Gasteiger charge is 2.07. The Morgan fingerprint density at radius 1 is 1.19 bits per heavy atom. The molecule has 0 aliphatic heterocycles. The lowest BCUT2D eigenvalue weighted by atomic mass is 10.1. The quantitative estimate of drug-likeness (QED) is 0.578. The third-order valence-corrected chi connectivity index (χ3v) is 3.41. The zero-order chi connectivity index (χ0) is 14.7. The van der Waals surface area contributed by atoms with Gasteiger partial charge < -0.3 is 4.98 Å². The van der Waals surface area contributed by atoms with E-state index in [-0.39, 0.29) is 5.78 Å². The molecule has 0 radical (unpaired) electrons. The fourth-order valence-corrected chi connectivity index (χ4v) is 2.24. The van der Waals surface area contributed by atoms with Crippen LogP contribution in [0, 0.1) is 0 Å². The smallest absolute Gasteiger partial charge is 0.221 e. The second-order valence-electron chi connectivity index (χ2n) is 4.90. The first-order valence-electron chi connectivity index (χ1n) is 7.02. The summed E-state index contributed by atoms with van der Waals surface area (Å²) in [6.45, 7) is 2.11. The maximum absolute atomic E-state index is 12.2. The average Bonchev–Trinajstić information content (AvgIpc) is 2.97. The Hall–Kier alpha value is -2.68. The number of aromatic amines is 1. The molecule has 0 atom stereocenters. The van der Waals surface area contributed by atoms with E-state index in [0.29, 0.717) is 5.82 Å². The SMILES string of the molecule is CCc1cccc(/C=C/C(=O)c2nc3ccccc3[nH]2)c1. The highest BCUT2D eigenvalue weighted by Crippen LogP contribution is 2.12. The van der Waals surface area contributed by atoms with Gasteiger partial charge in [-0.25, -0.2) is 4.98 Å². The van der Waals surface area contributed by atoms with Gasteiger partial charge in [0.1, 0.15) is 0 Å². The summed E-state index contributed by atoms with van der Waals surface area (Å²) in [7, 11) is 0. The van der Waals surface area contributed by atoms with Crippen molar-refractivity contribution in [3.05, 3.63) is 71.6 Å². The number of hydrogen-bond donors (Lipinski definition) is 1. The summed E-state index contributed by atoms with van der Waals surface area (Å²) in [6.07, 6.45) is 4.38. The van der Waals surface area contributed by atoms with E-state index in [1.165, 1.54) is 5.56 Å². The Labute approximate surface area is 123 Å². The average molecular weight is 276 g/mol. The molecule has 0 spiro atoms. The van der Waals surface area contributed by atoms with Crippen LogP contribution in [-0.4, -0.2) is 15.8 Å². The van der Waals surface area contributed by atoms with E-state index in [1.54, 1.807) is 6.08 Å². The predicted molar refractivity (Wildman–Crippen MR) is 85.3 cm³/mol. The number of H-pyrrole nitrogens is 1. The molecular formula is C18H16N2O. The van der Waals surface area contributed by atoms with Gasteiger partial charge in [-0.15, -0.1) is 0 Å². The summed E-state index contributed by atoms with van der Waals surface area (Å²) in [4.78, 5) is 19.5. The van der Waals surface area contributed by atoms with Crippen molar-refractivity contribution in [2.24, 2.45) is 0 Å². The molecule has 1 N–H and O–H groups in total. The van der Waals surface area contributed by atoms with E-state index in [4.69, 9.17) is 0 Å². The van der Waals surface area contributed by atoms with Crippen LogP contribution in [0.1, 0.15) is 28.7 Å². The lowest BCUT2D eigenvalue weighted by molar-refractivity contribution is 0.103. The van der Waals surface area contributed by atoms with Crippen LogP contribution < -0.4 is 0 Å². The monoisotopic (exact) mass is 276 g/mol. The third-order valence-electron chi connectivity index (χ3n) is 3.41. The van der Waals surface area contributed by atoms with Gasteiger partial charge in [-0.2, -0.15) is 0 Å². The molecule has 0 aliphatic rings. The molecule has 0 saturated carbocycles. The van der Waals surface area contributed by atoms with Crippen molar-refractivity contribution in [1.82, 2.24) is 9.97 Å². The lowest BCUT2D eigenvalue weighted by Crippen LogP contribution is -1.96. The molecule has 3 heteroatoms. The highest BCUT2D eigenvalue weighted by atomic mass is 16.1. The molecule has 0 bridgehead atoms. The highest BCUT2D eigenvalue weighted by molar-refractivity contribution is 6.05. The molecule has 2 aromatic carbocycles. The number of carbonyl (C=O) groups excluding carboxylic acids is 1. The molecule has 0 unspecified atom stereocenters. The first kappa shape index (κ1) is 13.3. The Balaban J connectivity index is 1.83. The molecule has 0 fully saturated rings. The van der Waals surface area contributed by atoms with E-state index in [2.05, 4.69) is 29.0 Å². The van der Waals surface area contributed by atoms with Crippen molar-refractivity contribution in [3.8, 4) is 0 Å². The number of rotatable bonds is 4. The van der Waals surface area contributed by atoms with Gasteiger partial charge in [0.2, 0.25) is 5.78 Å². The zero-order valence-corrected chi connectivity index (χ0v) is 11.8. The maximum atomic E-state index is 12.2. The molecule has 104 valence electrons. The van der Waals surface area contributed by atoms with Gasteiger partial charge in [0.15, 0.2) is 5.82 Å². The van der Waals surface area contributed by atoms with Crippen molar-refractivity contribution < 1.29 is 4.79 Å². The number of fused-ring (bicyclic) bond motifs is 1. The number of aromatic nitrogens is 2. The molecule has 0 aliphatic carbocycles. The minimum absolute atomic E-state index is 0.117. The minimum atomic E-state index is -0.117. The van der Waals surface area contributed by atoms with Crippen LogP contribution in [0.4, 0.5) is 0 Å². The van der Waals surface area contributed by atoms with Gasteiger partial charge in [-0.1, -0.05) is 49.4 Å². The Morgan fingerprint density at radius 2 is 2.05 bits per heavy atom. The predicted octanol–water partition coefficient (Wildman–Crippen LogP) is 4.02. The summed E-state index contributed by atoms with van der Waals surface area (Å²) in [5.41, 5.74) is 3.97. The molecular weight excluding hydrogens is 260 g/mol. The molecule has 3 aromatic rings. The van der Waals surface area contributed by atoms with Crippen molar-refractivity contribution in [1.29, 1.82) is 0 Å². The molecule has 1 heterocycles. The van der Waals surface area contributed by atoms with Gasteiger partial charge in [0.05, 0.1) is 11.0 Å². The fraction of sp³-hybridized carbons (Fsp3) is 0.111. The number of carbonyl (C=O) groups is 1. The zero-order valence-electron chi connectivity index (χ0n) is 11.8. The number of aryl methyl sites for hydroxylation is 1. The standard InChI is InChI=1S/C18H16N2O/c1-2-13-6-5-7-14(12-13)10-11-17(21)18-19-15-8-3-4-9-16(15)20-18/h3-12H,2H2,1H3,(H,19,20)/b11-10+. The van der Waals surface area contributed by atoms with Crippen molar-refractivity contribution in [2.45, 2.75) is 13.3 Å². The lowest BCUT2D eigenvalue weighted by Gasteiger charge is -1.97. The number of para-hydroxylation sites is 2. The van der Waals surface area contributed by atoms with Crippen LogP contribution in [0.5, 0.6) is 0 Å². The van der Waals surface area contributed by atoms with Crippen molar-refractivity contribution in [2.75, 3.05) is 0 Å². The van der Waals surface area contributed by atoms with Gasteiger partial charge in [0, 0.05) is 0 Å². The molecule has 1 aromatic heterocycles. The third kappa shape index (κ3) is 2.92. The summed E-state index contributed by atoms with van der Waals surface area (Å²) in [5.74, 6) is 0.257. The number of ketones is 1. The number of imidazole rings is 1. The normalized spacial score (nSPS) is 11.3. The molecule has 0 amide bonds. The van der Waals surface area contributed by atoms with Crippen LogP contribution in [-0.2, 0) is 6.42 Å². The summed E-state index contributed by atoms with van der Waals surface area (Å²) in [5, 5.41) is 0. The summed E-state index contributed by atoms with van der Waals surface area (Å²) >= 11 is 0. The van der Waals surface area contributed by atoms with Crippen LogP contribution in [0.25, 0.3) is 17.1 Å². The number of hydrogen-bond acceptors (Lipinski definition) is 2. The second-order valence-corrected chi connectivity index (χ2v) is 4.90. The van der Waals surface area contributed by atoms with E-state index in [1.807, 2.05) is 42.5 Å². The van der Waals surface area contributed by atoms with E-state index >= 15 is 0 Å². The summed E-state index contributed by atoms with van der Waals surface area (Å²) < 4.78 is 0. The van der Waals surface area contributed by atoms with Gasteiger partial charge in [-0.05, 0) is 35.8 Å². The van der Waals surface area contributed by atoms with E-state index in [9.17, 15) is 4.79 Å². The number of nitrogens with one attached hydrogen (secondary N) is 1. The first-order chi connectivity index (χ1) is 10.3. The van der Waals surface area contributed by atoms with E-state index in [0.717, 1.165) is 23.0 Å². The maximum Gasteiger partial charge on any atom is 0.221 e. The Bertz CT molecular complexity index is 782. The second kappa shape index (κ2) is 5.75. The van der Waals surface area contributed by atoms with Crippen LogP contribution in [0.3, 0.4) is 0 Å². The van der Waals surface area contributed by atoms with Crippen LogP contribution in [0.15, 0.2) is 54.6 Å². The van der Waals surface area contributed by atoms with Gasteiger partial charge in [-0.3, -0.25) is 4.79 Å². The van der Waals surface area contributed by atoms with Crippen LogP contribution in [0.2, 0.25) is 0 Å². The molecule has 0 saturated heterocycles. The Morgan fingerprint density at radius 3 is 2.86 bits per heavy atom. The topological polar surface area (TPSA) is 45.8 Å². The molecule has 21 heavy (non-hydrogen) atoms. The van der Waals surface area contributed by atoms with E-state index < -0.39 is 0 Å². The first-order valence-corrected chi connectivity index (χ1v) is 7.02. The summed E-state index contributed by atoms with van der Waals surface area (Å²) in [6, 6.07) is 15.8. The van der Waals surface area contributed by atoms with Crippen molar-refractivity contribution in [3.63, 3.8) is 0 Å². The number of nitrogens with zero attached hydrogens (tertiary/aromatic N) is 1. The molecule has 3 nitrogen and oxygen atoms in total.